The first kappa shape index (κ1) is 22.8. The number of carbonyl (C=O) groups excluding carboxylic acids is 1. The minimum Gasteiger partial charge on any atom is -0.505 e. The molecule has 0 aliphatic heterocycles. The lowest BCUT2D eigenvalue weighted by Gasteiger charge is -2.48. The van der Waals surface area contributed by atoms with Gasteiger partial charge in [-0.3, -0.25) is 0 Å². The Kier molecular flexibility index (Phi) is 5.28. The van der Waals surface area contributed by atoms with Crippen LogP contribution in [0.1, 0.15) is 37.4 Å². The van der Waals surface area contributed by atoms with Crippen molar-refractivity contribution < 1.29 is 32.6 Å². The van der Waals surface area contributed by atoms with Gasteiger partial charge in [-0.25, -0.2) is 9.18 Å². The van der Waals surface area contributed by atoms with Crippen LogP contribution in [0, 0.1) is 5.82 Å². The number of aliphatic hydroxyl groups is 1. The summed E-state index contributed by atoms with van der Waals surface area (Å²) in [6, 6.07) is 11.1. The number of fused-ring (bicyclic) bond motifs is 2. The van der Waals surface area contributed by atoms with Gasteiger partial charge in [-0.05, 0) is 34.9 Å². The van der Waals surface area contributed by atoms with E-state index in [9.17, 15) is 32.6 Å². The van der Waals surface area contributed by atoms with E-state index in [0.717, 1.165) is 17.5 Å². The highest BCUT2D eigenvalue weighted by molar-refractivity contribution is 6.01. The zero-order valence-corrected chi connectivity index (χ0v) is 17.8. The molecule has 4 rings (SSSR count). The summed E-state index contributed by atoms with van der Waals surface area (Å²) in [5, 5.41) is 27.4. The molecule has 1 aliphatic carbocycles. The van der Waals surface area contributed by atoms with Crippen molar-refractivity contribution in [2.75, 3.05) is 5.32 Å². The molecule has 174 valence electrons. The fourth-order valence-electron chi connectivity index (χ4n) is 4.74. The van der Waals surface area contributed by atoms with Gasteiger partial charge in [0.1, 0.15) is 0 Å². The van der Waals surface area contributed by atoms with Crippen LogP contribution >= 0.6 is 0 Å². The summed E-state index contributed by atoms with van der Waals surface area (Å²) in [4.78, 5) is 12.8. The molecule has 0 bridgehead atoms. The van der Waals surface area contributed by atoms with E-state index >= 15 is 0 Å². The van der Waals surface area contributed by atoms with E-state index in [4.69, 9.17) is 0 Å². The first-order chi connectivity index (χ1) is 15.3. The predicted molar refractivity (Wildman–Crippen MR) is 116 cm³/mol. The highest BCUT2D eigenvalue weighted by Gasteiger charge is 2.64. The van der Waals surface area contributed by atoms with Crippen LogP contribution in [0.25, 0.3) is 10.8 Å². The van der Waals surface area contributed by atoms with Crippen LogP contribution in [-0.2, 0) is 5.41 Å². The van der Waals surface area contributed by atoms with Gasteiger partial charge >= 0.3 is 12.2 Å². The number of halogens is 4. The Morgan fingerprint density at radius 3 is 2.42 bits per heavy atom. The quantitative estimate of drug-likeness (QED) is 0.379. The number of nitrogens with one attached hydrogen (secondary N) is 2. The number of phenolic OH excluding ortho intramolecular Hbond substituents is 1. The Hall–Kier alpha value is -3.33. The van der Waals surface area contributed by atoms with Gasteiger partial charge in [0.05, 0.1) is 11.7 Å². The van der Waals surface area contributed by atoms with E-state index in [-0.39, 0.29) is 11.1 Å². The number of hydrogen-bond acceptors (Lipinski definition) is 3. The zero-order valence-electron chi connectivity index (χ0n) is 17.8. The van der Waals surface area contributed by atoms with E-state index in [1.165, 1.54) is 13.8 Å². The number of aromatic hydroxyl groups is 1. The first-order valence-corrected chi connectivity index (χ1v) is 10.2. The Morgan fingerprint density at radius 1 is 1.06 bits per heavy atom. The van der Waals surface area contributed by atoms with Crippen molar-refractivity contribution in [1.29, 1.82) is 0 Å². The third-order valence-corrected chi connectivity index (χ3v) is 6.14. The third kappa shape index (κ3) is 3.76. The lowest BCUT2D eigenvalue weighted by atomic mass is 9.63. The molecule has 33 heavy (non-hydrogen) atoms. The number of anilines is 1. The maximum absolute atomic E-state index is 14.1. The second-order valence-corrected chi connectivity index (χ2v) is 8.90. The van der Waals surface area contributed by atoms with Crippen LogP contribution in [0.15, 0.2) is 54.6 Å². The molecule has 0 heterocycles. The minimum atomic E-state index is -5.12. The van der Waals surface area contributed by atoms with Crippen LogP contribution < -0.4 is 10.6 Å². The summed E-state index contributed by atoms with van der Waals surface area (Å²) in [7, 11) is 0. The van der Waals surface area contributed by atoms with Gasteiger partial charge in [0.2, 0.25) is 0 Å². The molecule has 3 aromatic carbocycles. The fourth-order valence-corrected chi connectivity index (χ4v) is 4.74. The van der Waals surface area contributed by atoms with Crippen molar-refractivity contribution in [3.05, 3.63) is 71.5 Å². The molecular weight excluding hydrogens is 440 g/mol. The third-order valence-electron chi connectivity index (χ3n) is 6.14. The largest absolute Gasteiger partial charge is 0.505 e. The Labute approximate surface area is 187 Å². The molecule has 0 spiro atoms. The lowest BCUT2D eigenvalue weighted by Crippen LogP contribution is -2.61. The van der Waals surface area contributed by atoms with Crippen molar-refractivity contribution in [3.8, 4) is 5.75 Å². The molecule has 2 atom stereocenters. The molecule has 9 heteroatoms. The smallest absolute Gasteiger partial charge is 0.419 e. The second kappa shape index (κ2) is 7.62. The highest BCUT2D eigenvalue weighted by Crippen LogP contribution is 2.55. The zero-order chi connectivity index (χ0) is 24.2. The summed E-state index contributed by atoms with van der Waals surface area (Å²) in [5.74, 6) is -1.80. The number of amides is 2. The molecule has 0 fully saturated rings. The van der Waals surface area contributed by atoms with Crippen molar-refractivity contribution >= 4 is 22.5 Å². The van der Waals surface area contributed by atoms with Gasteiger partial charge in [-0.15, -0.1) is 0 Å². The standard InChI is InChI=1S/C24H22F4N2O3/c1-22(2)12-23(33,24(26,27)28)20(15-10-11-16(25)19(31)18(15)22)30-21(32)29-17-9-5-7-13-6-3-4-8-14(13)17/h3-11,20,31,33H,12H2,1-2H3,(H2,29,30,32)/t20-,23-/m1/s1. The molecule has 0 saturated carbocycles. The summed E-state index contributed by atoms with van der Waals surface area (Å²) in [6.07, 6.45) is -6.02. The number of urea groups is 1. The summed E-state index contributed by atoms with van der Waals surface area (Å²) < 4.78 is 56.4. The van der Waals surface area contributed by atoms with Gasteiger partial charge in [0.25, 0.3) is 0 Å². The topological polar surface area (TPSA) is 81.6 Å². The molecule has 4 N–H and O–H groups in total. The highest BCUT2D eigenvalue weighted by atomic mass is 19.4. The normalized spacial score (nSPS) is 22.0. The van der Waals surface area contributed by atoms with E-state index in [1.807, 2.05) is 18.2 Å². The maximum atomic E-state index is 14.1. The number of hydrogen-bond donors (Lipinski definition) is 4. The van der Waals surface area contributed by atoms with Crippen molar-refractivity contribution in [2.45, 2.75) is 43.5 Å². The number of phenols is 1. The molecule has 5 nitrogen and oxygen atoms in total. The van der Waals surface area contributed by atoms with E-state index in [2.05, 4.69) is 10.6 Å². The molecule has 0 radical (unpaired) electrons. The van der Waals surface area contributed by atoms with Crippen LogP contribution in [0.2, 0.25) is 0 Å². The van der Waals surface area contributed by atoms with E-state index < -0.39 is 47.3 Å². The van der Waals surface area contributed by atoms with E-state index in [1.54, 1.807) is 24.3 Å². The van der Waals surface area contributed by atoms with Crippen LogP contribution in [0.4, 0.5) is 28.0 Å². The monoisotopic (exact) mass is 462 g/mol. The summed E-state index contributed by atoms with van der Waals surface area (Å²) >= 11 is 0. The Morgan fingerprint density at radius 2 is 1.73 bits per heavy atom. The van der Waals surface area contributed by atoms with Gasteiger partial charge in [-0.1, -0.05) is 56.3 Å². The van der Waals surface area contributed by atoms with Gasteiger partial charge in [-0.2, -0.15) is 13.2 Å². The molecule has 1 aliphatic rings. The van der Waals surface area contributed by atoms with Crippen LogP contribution in [0.3, 0.4) is 0 Å². The Balaban J connectivity index is 1.77. The molecule has 0 unspecified atom stereocenters. The van der Waals surface area contributed by atoms with Crippen molar-refractivity contribution in [2.24, 2.45) is 0 Å². The average Bonchev–Trinajstić information content (AvgIpc) is 2.72. The number of rotatable bonds is 2. The summed E-state index contributed by atoms with van der Waals surface area (Å²) in [6.45, 7) is 2.74. The lowest BCUT2D eigenvalue weighted by molar-refractivity contribution is -0.280. The van der Waals surface area contributed by atoms with E-state index in [0.29, 0.717) is 11.1 Å². The molecular formula is C24H22F4N2O3. The molecule has 2 amide bonds. The fraction of sp³-hybridized carbons (Fsp3) is 0.292. The average molecular weight is 462 g/mol. The van der Waals surface area contributed by atoms with Crippen LogP contribution in [0.5, 0.6) is 5.75 Å². The van der Waals surface area contributed by atoms with Gasteiger partial charge in [0, 0.05) is 10.9 Å². The second-order valence-electron chi connectivity index (χ2n) is 8.90. The predicted octanol–water partition coefficient (Wildman–Crippen LogP) is 5.52. The maximum Gasteiger partial charge on any atom is 0.419 e. The molecule has 0 saturated heterocycles. The molecule has 3 aromatic rings. The number of carbonyl (C=O) groups is 1. The van der Waals surface area contributed by atoms with Crippen molar-refractivity contribution in [1.82, 2.24) is 5.32 Å². The van der Waals surface area contributed by atoms with Gasteiger partial charge < -0.3 is 20.8 Å². The van der Waals surface area contributed by atoms with Crippen molar-refractivity contribution in [3.63, 3.8) is 0 Å². The van der Waals surface area contributed by atoms with Gasteiger partial charge in [0.15, 0.2) is 17.2 Å². The number of alkyl halides is 3. The SMILES string of the molecule is CC1(C)C[C@](O)(C(F)(F)F)[C@H](NC(=O)Nc2cccc3ccccc23)c2ccc(F)c(O)c21. The first-order valence-electron chi connectivity index (χ1n) is 10.2. The van der Waals surface area contributed by atoms with Crippen LogP contribution in [-0.4, -0.2) is 28.0 Å². The number of benzene rings is 3. The minimum absolute atomic E-state index is 0.0908. The molecule has 0 aromatic heterocycles. The Bertz CT molecular complexity index is 1240. The summed E-state index contributed by atoms with van der Waals surface area (Å²) in [5.41, 5.74) is -4.73.